The molecule has 1 aromatic rings. The first-order valence-corrected chi connectivity index (χ1v) is 12.3. The molecule has 184 valence electrons. The summed E-state index contributed by atoms with van der Waals surface area (Å²) in [5, 5.41) is 12.6. The normalized spacial score (nSPS) is 29.5. The van der Waals surface area contributed by atoms with Gasteiger partial charge in [0.05, 0.1) is 11.7 Å². The number of amides is 2. The molecule has 8 nitrogen and oxygen atoms in total. The van der Waals surface area contributed by atoms with Crippen molar-refractivity contribution in [2.75, 3.05) is 6.54 Å². The highest BCUT2D eigenvalue weighted by Crippen LogP contribution is 2.65. The standard InChI is InChI=1S/C26H34N2O6/c1-15(34-26(11-12-26)17-9-10-17)20(27-24(32)33-14-16-7-5-4-6-8-16)22(29)28-13-18-19(25(18,2)3)21(28)23(30)31/h4-8,15,17-21H,9-14H2,1-3H3,(H,27,32)(H,30,31)/t15-,18+,19+,20+,21+/m1/s1. The van der Waals surface area contributed by atoms with E-state index in [0.717, 1.165) is 31.2 Å². The van der Waals surface area contributed by atoms with Gasteiger partial charge in [0, 0.05) is 12.5 Å². The number of ether oxygens (including phenoxy) is 2. The molecule has 2 amide bonds. The molecule has 3 saturated carbocycles. The Kier molecular flexibility index (Phi) is 5.62. The third kappa shape index (κ3) is 4.17. The Morgan fingerprint density at radius 1 is 1.18 bits per heavy atom. The third-order valence-electron chi connectivity index (χ3n) is 8.45. The van der Waals surface area contributed by atoms with Crippen molar-refractivity contribution in [1.82, 2.24) is 10.2 Å². The molecule has 5 rings (SSSR count). The van der Waals surface area contributed by atoms with Gasteiger partial charge in [-0.2, -0.15) is 0 Å². The molecule has 0 bridgehead atoms. The quantitative estimate of drug-likeness (QED) is 0.574. The van der Waals surface area contributed by atoms with Gasteiger partial charge >= 0.3 is 12.1 Å². The highest BCUT2D eigenvalue weighted by molar-refractivity contribution is 5.91. The number of nitrogens with one attached hydrogen (secondary N) is 1. The average Bonchev–Trinajstić information content (AvgIpc) is 3.74. The van der Waals surface area contributed by atoms with Crippen LogP contribution in [-0.2, 0) is 25.7 Å². The molecule has 1 heterocycles. The van der Waals surface area contributed by atoms with Crippen molar-refractivity contribution in [2.45, 2.75) is 76.9 Å². The van der Waals surface area contributed by atoms with Gasteiger partial charge in [0.15, 0.2) is 0 Å². The number of nitrogens with zero attached hydrogens (tertiary/aromatic N) is 1. The minimum atomic E-state index is -1.01. The maximum Gasteiger partial charge on any atom is 0.408 e. The molecule has 3 aliphatic carbocycles. The van der Waals surface area contributed by atoms with Gasteiger partial charge in [-0.3, -0.25) is 4.79 Å². The number of carboxylic acid groups (broad SMARTS) is 1. The monoisotopic (exact) mass is 470 g/mol. The summed E-state index contributed by atoms with van der Waals surface area (Å²) in [7, 11) is 0. The van der Waals surface area contributed by atoms with Crippen LogP contribution >= 0.6 is 0 Å². The molecule has 8 heteroatoms. The van der Waals surface area contributed by atoms with Gasteiger partial charge in [-0.15, -0.1) is 0 Å². The Morgan fingerprint density at radius 3 is 2.44 bits per heavy atom. The van der Waals surface area contributed by atoms with Crippen molar-refractivity contribution in [1.29, 1.82) is 0 Å². The van der Waals surface area contributed by atoms with Crippen LogP contribution in [-0.4, -0.2) is 58.3 Å². The van der Waals surface area contributed by atoms with Crippen molar-refractivity contribution >= 4 is 18.0 Å². The predicted octanol–water partition coefficient (Wildman–Crippen LogP) is 3.20. The maximum absolute atomic E-state index is 13.7. The number of carbonyl (C=O) groups is 3. The van der Waals surface area contributed by atoms with E-state index in [1.807, 2.05) is 30.3 Å². The highest BCUT2D eigenvalue weighted by atomic mass is 16.6. The summed E-state index contributed by atoms with van der Waals surface area (Å²) in [5.74, 6) is -0.811. The second-order valence-corrected chi connectivity index (χ2v) is 11.1. The van der Waals surface area contributed by atoms with Gasteiger partial charge in [0.2, 0.25) is 5.91 Å². The average molecular weight is 471 g/mol. The summed E-state index contributed by atoms with van der Waals surface area (Å²) in [5.41, 5.74) is 0.543. The first-order valence-electron chi connectivity index (χ1n) is 12.3. The Bertz CT molecular complexity index is 971. The Labute approximate surface area is 200 Å². The Hall–Kier alpha value is -2.61. The van der Waals surface area contributed by atoms with Crippen molar-refractivity contribution < 1.29 is 29.0 Å². The van der Waals surface area contributed by atoms with Crippen molar-refractivity contribution in [3.8, 4) is 0 Å². The van der Waals surface area contributed by atoms with Crippen LogP contribution in [0.1, 0.15) is 52.0 Å². The van der Waals surface area contributed by atoms with E-state index in [2.05, 4.69) is 19.2 Å². The number of likely N-dealkylation sites (tertiary alicyclic amines) is 1. The number of alkyl carbamates (subject to hydrolysis) is 1. The highest BCUT2D eigenvalue weighted by Gasteiger charge is 2.70. The molecule has 0 radical (unpaired) electrons. The Morgan fingerprint density at radius 2 is 1.85 bits per heavy atom. The lowest BCUT2D eigenvalue weighted by Crippen LogP contribution is -2.58. The zero-order valence-electron chi connectivity index (χ0n) is 20.0. The largest absolute Gasteiger partial charge is 0.480 e. The molecule has 1 saturated heterocycles. The number of rotatable bonds is 9. The molecular weight excluding hydrogens is 436 g/mol. The van der Waals surface area contributed by atoms with Crippen LogP contribution in [0.15, 0.2) is 30.3 Å². The van der Waals surface area contributed by atoms with Gasteiger partial charge in [0.1, 0.15) is 18.7 Å². The van der Waals surface area contributed by atoms with Crippen molar-refractivity contribution in [3.05, 3.63) is 35.9 Å². The number of carbonyl (C=O) groups excluding carboxylic acids is 2. The number of aliphatic carboxylic acids is 1. The van der Waals surface area contributed by atoms with E-state index < -0.39 is 36.2 Å². The predicted molar refractivity (Wildman–Crippen MR) is 123 cm³/mol. The van der Waals surface area contributed by atoms with Gasteiger partial charge in [-0.25, -0.2) is 9.59 Å². The molecule has 0 aromatic heterocycles. The van der Waals surface area contributed by atoms with Gasteiger partial charge in [-0.05, 0) is 55.4 Å². The SMILES string of the molecule is C[C@@H](OC1(C2CC2)CC1)[C@H](NC(=O)OCc1ccccc1)C(=O)N1C[C@H]2[C@@H]([C@H]1C(=O)O)C2(C)C. The fourth-order valence-electron chi connectivity index (χ4n) is 6.04. The molecule has 0 spiro atoms. The molecule has 5 atom stereocenters. The maximum atomic E-state index is 13.7. The van der Waals surface area contributed by atoms with E-state index >= 15 is 0 Å². The molecule has 0 unspecified atom stereocenters. The topological polar surface area (TPSA) is 105 Å². The van der Waals surface area contributed by atoms with Crippen molar-refractivity contribution in [3.63, 3.8) is 0 Å². The van der Waals surface area contributed by atoms with E-state index in [4.69, 9.17) is 9.47 Å². The van der Waals surface area contributed by atoms with E-state index in [-0.39, 0.29) is 29.5 Å². The molecule has 2 N–H and O–H groups in total. The fraction of sp³-hybridized carbons (Fsp3) is 0.654. The fourth-order valence-corrected chi connectivity index (χ4v) is 6.04. The summed E-state index contributed by atoms with van der Waals surface area (Å²) in [6, 6.07) is 7.40. The van der Waals surface area contributed by atoms with Crippen LogP contribution in [0, 0.1) is 23.2 Å². The molecule has 1 aromatic carbocycles. The van der Waals surface area contributed by atoms with E-state index in [1.54, 1.807) is 6.92 Å². The summed E-state index contributed by atoms with van der Waals surface area (Å²) >= 11 is 0. The van der Waals surface area contributed by atoms with E-state index in [1.165, 1.54) is 4.90 Å². The van der Waals surface area contributed by atoms with Crippen LogP contribution < -0.4 is 5.32 Å². The summed E-state index contributed by atoms with van der Waals surface area (Å²) < 4.78 is 11.8. The number of hydrogen-bond acceptors (Lipinski definition) is 5. The number of piperidine rings is 1. The van der Waals surface area contributed by atoms with Crippen LogP contribution in [0.2, 0.25) is 0 Å². The Balaban J connectivity index is 1.30. The number of fused-ring (bicyclic) bond motifs is 1. The molecule has 1 aliphatic heterocycles. The van der Waals surface area contributed by atoms with Crippen molar-refractivity contribution in [2.24, 2.45) is 23.2 Å². The number of carboxylic acids is 1. The minimum absolute atomic E-state index is 0.0721. The van der Waals surface area contributed by atoms with Crippen LogP contribution in [0.3, 0.4) is 0 Å². The summed E-state index contributed by atoms with van der Waals surface area (Å²) in [4.78, 5) is 39.9. The third-order valence-corrected chi connectivity index (χ3v) is 8.45. The second-order valence-electron chi connectivity index (χ2n) is 11.1. The number of benzene rings is 1. The first kappa shape index (κ1) is 23.1. The van der Waals surface area contributed by atoms with E-state index in [0.29, 0.717) is 12.5 Å². The molecule has 4 aliphatic rings. The van der Waals surface area contributed by atoms with Gasteiger partial charge in [-0.1, -0.05) is 44.2 Å². The van der Waals surface area contributed by atoms with Gasteiger partial charge < -0.3 is 24.8 Å². The second kappa shape index (κ2) is 8.26. The van der Waals surface area contributed by atoms with Crippen LogP contribution in [0.5, 0.6) is 0 Å². The molecule has 4 fully saturated rings. The minimum Gasteiger partial charge on any atom is -0.480 e. The van der Waals surface area contributed by atoms with E-state index in [9.17, 15) is 19.5 Å². The zero-order valence-corrected chi connectivity index (χ0v) is 20.0. The first-order chi connectivity index (χ1) is 16.1. The molecule has 34 heavy (non-hydrogen) atoms. The lowest BCUT2D eigenvalue weighted by Gasteiger charge is -2.34. The van der Waals surface area contributed by atoms with Crippen LogP contribution in [0.4, 0.5) is 4.79 Å². The lowest BCUT2D eigenvalue weighted by atomic mass is 9.99. The van der Waals surface area contributed by atoms with Crippen LogP contribution in [0.25, 0.3) is 0 Å². The summed E-state index contributed by atoms with van der Waals surface area (Å²) in [6.45, 7) is 6.35. The molecular formula is C26H34N2O6. The summed E-state index contributed by atoms with van der Waals surface area (Å²) in [6.07, 6.45) is 2.86. The number of hydrogen-bond donors (Lipinski definition) is 2. The van der Waals surface area contributed by atoms with Gasteiger partial charge in [0.25, 0.3) is 0 Å². The smallest absolute Gasteiger partial charge is 0.408 e. The zero-order chi connectivity index (χ0) is 24.3. The lowest BCUT2D eigenvalue weighted by molar-refractivity contribution is -0.153.